The average molecular weight is 367 g/mol. The Kier molecular flexibility index (Phi) is 5.18. The van der Waals surface area contributed by atoms with Crippen LogP contribution in [0.3, 0.4) is 0 Å². The highest BCUT2D eigenvalue weighted by Gasteiger charge is 2.28. The van der Waals surface area contributed by atoms with Gasteiger partial charge in [0.15, 0.2) is 0 Å². The van der Waals surface area contributed by atoms with Gasteiger partial charge in [-0.15, -0.1) is 0 Å². The van der Waals surface area contributed by atoms with Gasteiger partial charge in [0.25, 0.3) is 11.8 Å². The van der Waals surface area contributed by atoms with Crippen molar-refractivity contribution in [3.8, 4) is 0 Å². The lowest BCUT2D eigenvalue weighted by Gasteiger charge is -2.32. The fourth-order valence-electron chi connectivity index (χ4n) is 4.08. The van der Waals surface area contributed by atoms with Crippen LogP contribution in [0, 0.1) is 0 Å². The van der Waals surface area contributed by atoms with E-state index in [4.69, 9.17) is 0 Å². The first kappa shape index (κ1) is 17.7. The molecule has 1 saturated carbocycles. The molecule has 4 rings (SSSR count). The summed E-state index contributed by atoms with van der Waals surface area (Å²) in [5.74, 6) is 0.0647. The molecule has 142 valence electrons. The van der Waals surface area contributed by atoms with Crippen LogP contribution in [0.15, 0.2) is 30.6 Å². The number of nitrogens with one attached hydrogen (secondary N) is 2. The van der Waals surface area contributed by atoms with Crippen LogP contribution in [0.4, 0.5) is 0 Å². The maximum absolute atomic E-state index is 12.7. The summed E-state index contributed by atoms with van der Waals surface area (Å²) in [6.07, 6.45) is 9.64. The Morgan fingerprint density at radius 2 is 2.04 bits per heavy atom. The standard InChI is InChI=1S/C20H25N5O2/c26-19(22-16-7-1-2-8-16)18-11-17(23-24-18)15-6-4-10-25(13-15)20(27)14-5-3-9-21-12-14/h3,5,9,11-12,15-16H,1-2,4,6-8,10,13H2,(H,22,26)(H,23,24). The molecule has 7 nitrogen and oxygen atoms in total. The predicted octanol–water partition coefficient (Wildman–Crippen LogP) is 2.50. The lowest BCUT2D eigenvalue weighted by Crippen LogP contribution is -2.39. The Hall–Kier alpha value is -2.70. The Labute approximate surface area is 158 Å². The molecule has 7 heteroatoms. The third-order valence-electron chi connectivity index (χ3n) is 5.58. The molecule has 1 unspecified atom stereocenters. The number of aromatic nitrogens is 3. The zero-order valence-electron chi connectivity index (χ0n) is 15.4. The van der Waals surface area contributed by atoms with Gasteiger partial charge in [-0.1, -0.05) is 12.8 Å². The van der Waals surface area contributed by atoms with Gasteiger partial charge in [0.05, 0.1) is 5.56 Å². The Morgan fingerprint density at radius 3 is 2.81 bits per heavy atom. The van der Waals surface area contributed by atoms with Crippen molar-refractivity contribution in [3.05, 3.63) is 47.5 Å². The van der Waals surface area contributed by atoms with Gasteiger partial charge in [0.2, 0.25) is 0 Å². The quantitative estimate of drug-likeness (QED) is 0.869. The Balaban J connectivity index is 1.40. The summed E-state index contributed by atoms with van der Waals surface area (Å²) < 4.78 is 0. The molecule has 3 heterocycles. The normalized spacial score (nSPS) is 20.6. The van der Waals surface area contributed by atoms with Gasteiger partial charge >= 0.3 is 0 Å². The van der Waals surface area contributed by atoms with Crippen LogP contribution < -0.4 is 5.32 Å². The molecule has 1 aliphatic heterocycles. The number of carbonyl (C=O) groups is 2. The van der Waals surface area contributed by atoms with E-state index in [9.17, 15) is 9.59 Å². The molecule has 1 aliphatic carbocycles. The molecule has 0 aromatic carbocycles. The van der Waals surface area contributed by atoms with Crippen LogP contribution in [-0.2, 0) is 0 Å². The number of carbonyl (C=O) groups excluding carboxylic acids is 2. The van der Waals surface area contributed by atoms with Crippen LogP contribution in [0.2, 0.25) is 0 Å². The zero-order chi connectivity index (χ0) is 18.6. The number of hydrogen-bond acceptors (Lipinski definition) is 4. The number of amides is 2. The second-order valence-electron chi connectivity index (χ2n) is 7.50. The van der Waals surface area contributed by atoms with Crippen LogP contribution >= 0.6 is 0 Å². The van der Waals surface area contributed by atoms with Crippen molar-refractivity contribution in [1.82, 2.24) is 25.4 Å². The van der Waals surface area contributed by atoms with Gasteiger partial charge in [-0.05, 0) is 43.9 Å². The summed E-state index contributed by atoms with van der Waals surface area (Å²) >= 11 is 0. The van der Waals surface area contributed by atoms with E-state index in [1.165, 1.54) is 12.8 Å². The predicted molar refractivity (Wildman–Crippen MR) is 100 cm³/mol. The monoisotopic (exact) mass is 367 g/mol. The van der Waals surface area contributed by atoms with Gasteiger partial charge in [-0.2, -0.15) is 5.10 Å². The minimum absolute atomic E-state index is 0.00603. The SMILES string of the molecule is O=C(NC1CCCC1)c1cc(C2CCCN(C(=O)c3cccnc3)C2)[nH]n1. The van der Waals surface area contributed by atoms with Gasteiger partial charge in [-0.25, -0.2) is 0 Å². The minimum atomic E-state index is -0.108. The molecular formula is C20H25N5O2. The average Bonchev–Trinajstić information content (AvgIpc) is 3.40. The van der Waals surface area contributed by atoms with Crippen molar-refractivity contribution < 1.29 is 9.59 Å². The van der Waals surface area contributed by atoms with E-state index < -0.39 is 0 Å². The van der Waals surface area contributed by atoms with Crippen LogP contribution in [0.1, 0.15) is 71.0 Å². The lowest BCUT2D eigenvalue weighted by atomic mass is 9.94. The summed E-state index contributed by atoms with van der Waals surface area (Å²) in [6.45, 7) is 1.37. The molecule has 2 aliphatic rings. The molecule has 27 heavy (non-hydrogen) atoms. The summed E-state index contributed by atoms with van der Waals surface area (Å²) in [6, 6.07) is 5.69. The molecular weight excluding hydrogens is 342 g/mol. The van der Waals surface area contributed by atoms with Crippen molar-refractivity contribution in [2.45, 2.75) is 50.5 Å². The fourth-order valence-corrected chi connectivity index (χ4v) is 4.08. The molecule has 0 radical (unpaired) electrons. The van der Waals surface area contributed by atoms with Crippen molar-refractivity contribution in [2.24, 2.45) is 0 Å². The fraction of sp³-hybridized carbons (Fsp3) is 0.500. The number of rotatable bonds is 4. The second kappa shape index (κ2) is 7.90. The topological polar surface area (TPSA) is 91.0 Å². The number of likely N-dealkylation sites (tertiary alicyclic amines) is 1. The first-order valence-corrected chi connectivity index (χ1v) is 9.76. The Bertz CT molecular complexity index is 798. The molecule has 2 N–H and O–H groups in total. The summed E-state index contributed by atoms with van der Waals surface area (Å²) in [4.78, 5) is 31.0. The van der Waals surface area contributed by atoms with Gasteiger partial charge < -0.3 is 10.2 Å². The maximum atomic E-state index is 12.7. The molecule has 0 spiro atoms. The van der Waals surface area contributed by atoms with Crippen molar-refractivity contribution in [1.29, 1.82) is 0 Å². The van der Waals surface area contributed by atoms with Crippen LogP contribution in [0.25, 0.3) is 0 Å². The lowest BCUT2D eigenvalue weighted by molar-refractivity contribution is 0.0705. The summed E-state index contributed by atoms with van der Waals surface area (Å²) in [7, 11) is 0. The molecule has 2 aromatic heterocycles. The highest BCUT2D eigenvalue weighted by atomic mass is 16.2. The van der Waals surface area contributed by atoms with Gasteiger partial charge in [-0.3, -0.25) is 19.7 Å². The van der Waals surface area contributed by atoms with E-state index >= 15 is 0 Å². The number of nitrogens with zero attached hydrogens (tertiary/aromatic N) is 3. The molecule has 1 atom stereocenters. The van der Waals surface area contributed by atoms with E-state index in [0.717, 1.165) is 37.9 Å². The van der Waals surface area contributed by atoms with Crippen molar-refractivity contribution >= 4 is 11.8 Å². The number of aromatic amines is 1. The third kappa shape index (κ3) is 4.02. The van der Waals surface area contributed by atoms with Crippen molar-refractivity contribution in [2.75, 3.05) is 13.1 Å². The van der Waals surface area contributed by atoms with Gasteiger partial charge in [0.1, 0.15) is 5.69 Å². The van der Waals surface area contributed by atoms with Crippen molar-refractivity contribution in [3.63, 3.8) is 0 Å². The molecule has 2 fully saturated rings. The third-order valence-corrected chi connectivity index (χ3v) is 5.58. The zero-order valence-corrected chi connectivity index (χ0v) is 15.4. The van der Waals surface area contributed by atoms with Crippen LogP contribution in [0.5, 0.6) is 0 Å². The molecule has 2 amide bonds. The van der Waals surface area contributed by atoms with E-state index in [-0.39, 0.29) is 23.8 Å². The molecule has 1 saturated heterocycles. The summed E-state index contributed by atoms with van der Waals surface area (Å²) in [5, 5.41) is 10.3. The first-order valence-electron chi connectivity index (χ1n) is 9.76. The Morgan fingerprint density at radius 1 is 1.19 bits per heavy atom. The maximum Gasteiger partial charge on any atom is 0.271 e. The summed E-state index contributed by atoms with van der Waals surface area (Å²) in [5.41, 5.74) is 1.97. The largest absolute Gasteiger partial charge is 0.348 e. The molecule has 0 bridgehead atoms. The van der Waals surface area contributed by atoms with Gasteiger partial charge in [0, 0.05) is 43.1 Å². The van der Waals surface area contributed by atoms with Crippen LogP contribution in [-0.4, -0.2) is 51.0 Å². The highest BCUT2D eigenvalue weighted by molar-refractivity contribution is 5.94. The molecule has 2 aromatic rings. The number of pyridine rings is 1. The first-order chi connectivity index (χ1) is 13.2. The minimum Gasteiger partial charge on any atom is -0.348 e. The van der Waals surface area contributed by atoms with E-state index in [0.29, 0.717) is 17.8 Å². The van der Waals surface area contributed by atoms with E-state index in [1.54, 1.807) is 24.5 Å². The second-order valence-corrected chi connectivity index (χ2v) is 7.50. The number of piperidine rings is 1. The smallest absolute Gasteiger partial charge is 0.271 e. The van der Waals surface area contributed by atoms with E-state index in [1.807, 2.05) is 11.0 Å². The van der Waals surface area contributed by atoms with E-state index in [2.05, 4.69) is 20.5 Å². The number of hydrogen-bond donors (Lipinski definition) is 2. The number of H-pyrrole nitrogens is 1. The highest BCUT2D eigenvalue weighted by Crippen LogP contribution is 2.27.